The van der Waals surface area contributed by atoms with E-state index < -0.39 is 30.9 Å². The van der Waals surface area contributed by atoms with E-state index in [4.69, 9.17) is 27.5 Å². The molecule has 0 fully saturated rings. The van der Waals surface area contributed by atoms with Gasteiger partial charge in [-0.05, 0) is 0 Å². The Labute approximate surface area is 82.8 Å². The number of carbonyl (C=O) groups is 1. The Morgan fingerprint density at radius 2 is 1.85 bits per heavy atom. The molecular formula is C6H14ClNO5. The molecule has 0 aromatic rings. The van der Waals surface area contributed by atoms with E-state index in [2.05, 4.69) is 0 Å². The lowest BCUT2D eigenvalue weighted by molar-refractivity contribution is -0.118. The monoisotopic (exact) mass is 216 g/mol. The number of hydrogen-bond donors (Lipinski definition) is 5. The first-order valence-corrected chi connectivity index (χ1v) is 3.27. The standard InChI is InChI=1S/C6H13NO5.ClH/c7-3(1-8)5(11)6(12)4(10)2-9;/h1,3-6,9-12H,2,7H2;1H/t3-,4+,5+,6+;/m0./s1/i3D;. The van der Waals surface area contributed by atoms with Crippen LogP contribution in [-0.2, 0) is 4.79 Å². The summed E-state index contributed by atoms with van der Waals surface area (Å²) in [7, 11) is 0. The van der Waals surface area contributed by atoms with Gasteiger partial charge in [0.25, 0.3) is 0 Å². The van der Waals surface area contributed by atoms with Gasteiger partial charge in [0.05, 0.1) is 14.0 Å². The van der Waals surface area contributed by atoms with Crippen molar-refractivity contribution in [1.29, 1.82) is 0 Å². The van der Waals surface area contributed by atoms with Crippen LogP contribution in [0.3, 0.4) is 0 Å². The Morgan fingerprint density at radius 3 is 2.15 bits per heavy atom. The number of aldehydes is 1. The molecule has 0 radical (unpaired) electrons. The molecule has 4 atom stereocenters. The molecule has 0 aromatic heterocycles. The average Bonchev–Trinajstić information content (AvgIpc) is 2.14. The summed E-state index contributed by atoms with van der Waals surface area (Å²) in [6.07, 6.45) is -5.49. The van der Waals surface area contributed by atoms with Crippen molar-refractivity contribution in [1.82, 2.24) is 0 Å². The van der Waals surface area contributed by atoms with Gasteiger partial charge < -0.3 is 31.0 Å². The van der Waals surface area contributed by atoms with E-state index in [-0.39, 0.29) is 18.7 Å². The second kappa shape index (κ2) is 7.19. The molecule has 0 unspecified atom stereocenters. The van der Waals surface area contributed by atoms with Gasteiger partial charge in [-0.25, -0.2) is 0 Å². The Morgan fingerprint density at radius 1 is 1.38 bits per heavy atom. The molecule has 0 heterocycles. The average molecular weight is 217 g/mol. The zero-order valence-corrected chi connectivity index (χ0v) is 7.52. The van der Waals surface area contributed by atoms with Gasteiger partial charge in [-0.3, -0.25) is 0 Å². The Balaban J connectivity index is 0. The smallest absolute Gasteiger partial charge is 0.139 e. The summed E-state index contributed by atoms with van der Waals surface area (Å²) in [6, 6.07) is -2.39. The first-order valence-electron chi connectivity index (χ1n) is 3.77. The second-order valence-electron chi connectivity index (χ2n) is 2.30. The van der Waals surface area contributed by atoms with Crippen LogP contribution in [0.1, 0.15) is 1.37 Å². The molecule has 0 amide bonds. The minimum atomic E-state index is -2.39. The van der Waals surface area contributed by atoms with Gasteiger partial charge in [-0.1, -0.05) is 0 Å². The second-order valence-corrected chi connectivity index (χ2v) is 2.30. The molecule has 0 aliphatic heterocycles. The molecule has 0 aliphatic rings. The number of aliphatic hydroxyl groups is 4. The maximum atomic E-state index is 10.2. The molecule has 7 heteroatoms. The molecule has 0 aliphatic carbocycles. The number of aliphatic hydroxyl groups excluding tert-OH is 4. The van der Waals surface area contributed by atoms with Crippen molar-refractivity contribution in [2.45, 2.75) is 24.3 Å². The highest BCUT2D eigenvalue weighted by atomic mass is 35.5. The SMILES string of the molecule is Cl.[2H][C@](N)(C=O)[C@@H](O)[C@H](O)[C@H](O)CO. The van der Waals surface area contributed by atoms with Crippen molar-refractivity contribution < 1.29 is 26.6 Å². The maximum Gasteiger partial charge on any atom is 0.139 e. The van der Waals surface area contributed by atoms with Gasteiger partial charge >= 0.3 is 0 Å². The number of halogens is 1. The van der Waals surface area contributed by atoms with Crippen LogP contribution in [0, 0.1) is 0 Å². The van der Waals surface area contributed by atoms with Crippen molar-refractivity contribution in [2.24, 2.45) is 5.73 Å². The predicted molar refractivity (Wildman–Crippen MR) is 46.4 cm³/mol. The van der Waals surface area contributed by atoms with Crippen LogP contribution in [0.4, 0.5) is 0 Å². The largest absolute Gasteiger partial charge is 0.394 e. The summed E-state index contributed by atoms with van der Waals surface area (Å²) in [5.41, 5.74) is 4.95. The normalized spacial score (nSPS) is 23.0. The highest BCUT2D eigenvalue weighted by Gasteiger charge is 2.28. The van der Waals surface area contributed by atoms with E-state index >= 15 is 0 Å². The fourth-order valence-corrected chi connectivity index (χ4v) is 0.585. The number of nitrogens with two attached hydrogens (primary N) is 1. The summed E-state index contributed by atoms with van der Waals surface area (Å²) in [4.78, 5) is 10.2. The lowest BCUT2D eigenvalue weighted by Crippen LogP contribution is -2.49. The van der Waals surface area contributed by atoms with Crippen LogP contribution in [0.2, 0.25) is 0 Å². The molecule has 0 bridgehead atoms. The summed E-state index contributed by atoms with van der Waals surface area (Å²) >= 11 is 0. The van der Waals surface area contributed by atoms with Gasteiger partial charge in [0.1, 0.15) is 24.6 Å². The van der Waals surface area contributed by atoms with Crippen LogP contribution >= 0.6 is 12.4 Å². The van der Waals surface area contributed by atoms with Crippen molar-refractivity contribution in [2.75, 3.05) is 6.61 Å². The van der Waals surface area contributed by atoms with Crippen molar-refractivity contribution in [3.05, 3.63) is 0 Å². The van der Waals surface area contributed by atoms with Crippen molar-refractivity contribution in [3.8, 4) is 0 Å². The summed E-state index contributed by atoms with van der Waals surface area (Å²) in [6.45, 7) is -0.798. The molecule has 0 saturated heterocycles. The molecule has 80 valence electrons. The van der Waals surface area contributed by atoms with E-state index in [1.165, 1.54) is 0 Å². The third kappa shape index (κ3) is 4.51. The van der Waals surface area contributed by atoms with Crippen LogP contribution < -0.4 is 5.73 Å². The van der Waals surface area contributed by atoms with Crippen LogP contribution in [0.5, 0.6) is 0 Å². The van der Waals surface area contributed by atoms with E-state index in [0.29, 0.717) is 0 Å². The first-order chi connectivity index (χ1) is 5.86. The molecule has 6 nitrogen and oxygen atoms in total. The third-order valence-electron chi connectivity index (χ3n) is 1.38. The molecular weight excluding hydrogens is 202 g/mol. The van der Waals surface area contributed by atoms with E-state index in [1.54, 1.807) is 0 Å². The zero-order valence-electron chi connectivity index (χ0n) is 7.70. The summed E-state index contributed by atoms with van der Waals surface area (Å²) in [5, 5.41) is 35.3. The molecule has 13 heavy (non-hydrogen) atoms. The molecule has 0 saturated carbocycles. The van der Waals surface area contributed by atoms with E-state index in [0.717, 1.165) is 0 Å². The third-order valence-corrected chi connectivity index (χ3v) is 1.38. The van der Waals surface area contributed by atoms with Gasteiger partial charge in [0.15, 0.2) is 0 Å². The van der Waals surface area contributed by atoms with Crippen molar-refractivity contribution >= 4 is 18.7 Å². The molecule has 0 rings (SSSR count). The zero-order chi connectivity index (χ0) is 10.6. The highest BCUT2D eigenvalue weighted by molar-refractivity contribution is 5.85. The fraction of sp³-hybridized carbons (Fsp3) is 0.833. The lowest BCUT2D eigenvalue weighted by atomic mass is 10.0. The number of rotatable bonds is 5. The Hall–Kier alpha value is -0.240. The highest BCUT2D eigenvalue weighted by Crippen LogP contribution is 2.01. The minimum Gasteiger partial charge on any atom is -0.394 e. The quantitative estimate of drug-likeness (QED) is 0.312. The number of carbonyl (C=O) groups excluding carboxylic acids is 1. The molecule has 0 aromatic carbocycles. The maximum absolute atomic E-state index is 10.2. The van der Waals surface area contributed by atoms with Gasteiger partial charge in [-0.15, -0.1) is 12.4 Å². The predicted octanol–water partition coefficient (Wildman–Crippen LogP) is -2.99. The molecule has 0 spiro atoms. The number of hydrogen-bond acceptors (Lipinski definition) is 6. The Kier molecular flexibility index (Phi) is 7.06. The van der Waals surface area contributed by atoms with Crippen LogP contribution in [0.15, 0.2) is 0 Å². The van der Waals surface area contributed by atoms with E-state index in [9.17, 15) is 4.79 Å². The van der Waals surface area contributed by atoms with Gasteiger partial charge in [0.2, 0.25) is 0 Å². The van der Waals surface area contributed by atoms with Crippen LogP contribution in [0.25, 0.3) is 0 Å². The van der Waals surface area contributed by atoms with Crippen molar-refractivity contribution in [3.63, 3.8) is 0 Å². The fourth-order valence-electron chi connectivity index (χ4n) is 0.585. The summed E-state index contributed by atoms with van der Waals surface area (Å²) in [5.74, 6) is 0. The summed E-state index contributed by atoms with van der Waals surface area (Å²) < 4.78 is 6.99. The molecule has 6 N–H and O–H groups in total. The minimum absolute atomic E-state index is 0. The lowest BCUT2D eigenvalue weighted by Gasteiger charge is -2.23. The van der Waals surface area contributed by atoms with Gasteiger partial charge in [-0.2, -0.15) is 0 Å². The van der Waals surface area contributed by atoms with Crippen LogP contribution in [-0.4, -0.2) is 57.6 Å². The first kappa shape index (κ1) is 12.8. The Bertz CT molecular complexity index is 182. The van der Waals surface area contributed by atoms with Gasteiger partial charge in [0, 0.05) is 0 Å². The topological polar surface area (TPSA) is 124 Å². The van der Waals surface area contributed by atoms with E-state index in [1.807, 2.05) is 0 Å².